The number of carboxylic acid groups (broad SMARTS) is 1. The number of hydrogen-bond acceptors (Lipinski definition) is 9. The van der Waals surface area contributed by atoms with Crippen LogP contribution >= 0.6 is 11.8 Å². The summed E-state index contributed by atoms with van der Waals surface area (Å²) in [6.45, 7) is 4.99. The summed E-state index contributed by atoms with van der Waals surface area (Å²) in [4.78, 5) is 85.0. The molecule has 14 nitrogen and oxygen atoms in total. The van der Waals surface area contributed by atoms with E-state index in [0.717, 1.165) is 11.8 Å². The first-order valence-corrected chi connectivity index (χ1v) is 14.0. The van der Waals surface area contributed by atoms with E-state index >= 15 is 0 Å². The number of aliphatic carboxylic acids is 1. The van der Waals surface area contributed by atoms with Gasteiger partial charge in [-0.1, -0.05) is 44.2 Å². The summed E-state index contributed by atoms with van der Waals surface area (Å²) in [6.07, 6.45) is -1.66. The van der Waals surface area contributed by atoms with Gasteiger partial charge in [0.1, 0.15) is 17.2 Å². The molecule has 1 fully saturated rings. The number of carbonyl (C=O) groups is 6. The van der Waals surface area contributed by atoms with E-state index in [9.17, 15) is 33.9 Å². The van der Waals surface area contributed by atoms with Crippen LogP contribution in [0, 0.1) is 5.92 Å². The lowest BCUT2D eigenvalue weighted by Crippen LogP contribution is -2.59. The van der Waals surface area contributed by atoms with Crippen molar-refractivity contribution in [3.63, 3.8) is 0 Å². The summed E-state index contributed by atoms with van der Waals surface area (Å²) in [5, 5.41) is 12.4. The second kappa shape index (κ2) is 11.7. The van der Waals surface area contributed by atoms with Crippen LogP contribution in [0.5, 0.6) is 0 Å². The lowest BCUT2D eigenvalue weighted by molar-refractivity contribution is -0.150. The van der Waals surface area contributed by atoms with E-state index in [0.29, 0.717) is 0 Å². The van der Waals surface area contributed by atoms with E-state index in [-0.39, 0.29) is 35.8 Å². The van der Waals surface area contributed by atoms with Crippen molar-refractivity contribution in [2.75, 3.05) is 12.3 Å². The minimum absolute atomic E-state index is 0.0463. The van der Waals surface area contributed by atoms with Crippen LogP contribution in [0.1, 0.15) is 59.6 Å². The molecule has 0 aliphatic carbocycles. The number of amides is 4. The van der Waals surface area contributed by atoms with Gasteiger partial charge in [-0.05, 0) is 11.5 Å². The Hall–Kier alpha value is -4.66. The maximum Gasteiger partial charge on any atom is 0.352 e. The number of primary amides is 2. The van der Waals surface area contributed by atoms with Gasteiger partial charge in [0.05, 0.1) is 11.8 Å². The number of nitrogens with two attached hydrogens (primary N) is 2. The molecule has 0 spiro atoms. The average molecular weight is 599 g/mol. The Kier molecular flexibility index (Phi) is 8.43. The van der Waals surface area contributed by atoms with Crippen molar-refractivity contribution in [3.05, 3.63) is 64.4 Å². The lowest BCUT2D eigenvalue weighted by atomic mass is 9.71. The van der Waals surface area contributed by atoms with Crippen LogP contribution in [-0.2, 0) is 29.3 Å². The number of aromatic amines is 1. The number of nitrogens with zero attached hydrogens (tertiary/aromatic N) is 2. The summed E-state index contributed by atoms with van der Waals surface area (Å²) >= 11 is 1.22. The summed E-state index contributed by atoms with van der Waals surface area (Å²) in [5.41, 5.74) is 8.00. The molecule has 4 rings (SSSR count). The van der Waals surface area contributed by atoms with E-state index in [4.69, 9.17) is 16.2 Å². The Balaban J connectivity index is 2.07. The average Bonchev–Trinajstić information content (AvgIpc) is 3.37. The van der Waals surface area contributed by atoms with Crippen LogP contribution in [0.3, 0.4) is 0 Å². The maximum absolute atomic E-state index is 13.8. The predicted molar refractivity (Wildman–Crippen MR) is 149 cm³/mol. The Morgan fingerprint density at radius 2 is 1.88 bits per heavy atom. The summed E-state index contributed by atoms with van der Waals surface area (Å²) < 4.78 is 5.71. The normalized spacial score (nSPS) is 18.4. The maximum atomic E-state index is 13.8. The number of fused-ring (bicyclic) bond motifs is 1. The monoisotopic (exact) mass is 598 g/mol. The molecule has 7 N–H and O–H groups in total. The van der Waals surface area contributed by atoms with Crippen molar-refractivity contribution in [1.82, 2.24) is 20.2 Å². The van der Waals surface area contributed by atoms with E-state index in [2.05, 4.69) is 15.3 Å². The van der Waals surface area contributed by atoms with E-state index in [1.165, 1.54) is 23.9 Å². The molecule has 222 valence electrons. The number of aromatic nitrogens is 2. The fraction of sp³-hybridized carbons (Fsp3) is 0.370. The van der Waals surface area contributed by atoms with Gasteiger partial charge in [0, 0.05) is 24.8 Å². The van der Waals surface area contributed by atoms with Gasteiger partial charge in [0.2, 0.25) is 11.8 Å². The molecular formula is C27H30N6O8S. The molecule has 2 aromatic rings. The molecule has 1 aromatic heterocycles. The first-order chi connectivity index (χ1) is 19.8. The summed E-state index contributed by atoms with van der Waals surface area (Å²) in [7, 11) is 0. The molecule has 2 unspecified atom stereocenters. The second-order valence-corrected chi connectivity index (χ2v) is 11.4. The number of imidazole rings is 1. The lowest BCUT2D eigenvalue weighted by Gasteiger charge is -2.47. The van der Waals surface area contributed by atoms with Gasteiger partial charge in [-0.15, -0.1) is 11.8 Å². The molecule has 2 aliphatic rings. The van der Waals surface area contributed by atoms with Crippen LogP contribution < -0.4 is 16.8 Å². The van der Waals surface area contributed by atoms with Crippen molar-refractivity contribution in [3.8, 4) is 0 Å². The van der Waals surface area contributed by atoms with Crippen molar-refractivity contribution in [2.24, 2.45) is 17.4 Å². The van der Waals surface area contributed by atoms with Crippen molar-refractivity contribution in [1.29, 1.82) is 0 Å². The minimum Gasteiger partial charge on any atom is -0.477 e. The van der Waals surface area contributed by atoms with Gasteiger partial charge in [0.15, 0.2) is 17.2 Å². The Morgan fingerprint density at radius 3 is 2.40 bits per heavy atom. The molecule has 42 heavy (non-hydrogen) atoms. The Bertz CT molecular complexity index is 1500. The largest absolute Gasteiger partial charge is 0.477 e. The smallest absolute Gasteiger partial charge is 0.352 e. The number of carbonyl (C=O) groups excluding carboxylic acids is 5. The summed E-state index contributed by atoms with van der Waals surface area (Å²) in [6, 6.07) is 7.70. The first kappa shape index (κ1) is 30.3. The molecule has 3 heterocycles. The SMILES string of the molecule is CC(=O)OC(C1=C(C(=O)O)N2C(=O)C[C@H]2SC1)C(C(N)=O)(c1ccccc1)c1nc(C(=O)NCC(C)C)c(C(N)=O)[nH]1. The number of esters is 1. The number of hydrogen-bond donors (Lipinski definition) is 5. The fourth-order valence-electron chi connectivity index (χ4n) is 5.01. The van der Waals surface area contributed by atoms with Crippen LogP contribution in [-0.4, -0.2) is 79.3 Å². The number of ether oxygens (including phenoxy) is 1. The Labute approximate surface area is 244 Å². The highest BCUT2D eigenvalue weighted by atomic mass is 32.2. The third-order valence-corrected chi connectivity index (χ3v) is 8.15. The minimum atomic E-state index is -2.31. The van der Waals surface area contributed by atoms with Crippen LogP contribution in [0.25, 0.3) is 0 Å². The quantitative estimate of drug-likeness (QED) is 0.175. The zero-order chi connectivity index (χ0) is 30.9. The predicted octanol–water partition coefficient (Wildman–Crippen LogP) is 0.241. The summed E-state index contributed by atoms with van der Waals surface area (Å²) in [5.74, 6) is -6.27. The number of thioether (sulfide) groups is 1. The number of carboxylic acids is 1. The molecule has 1 saturated heterocycles. The van der Waals surface area contributed by atoms with E-state index in [1.807, 2.05) is 13.8 Å². The zero-order valence-corrected chi connectivity index (χ0v) is 23.8. The van der Waals surface area contributed by atoms with Gasteiger partial charge in [-0.25, -0.2) is 9.78 Å². The molecule has 15 heteroatoms. The van der Waals surface area contributed by atoms with Crippen LogP contribution in [0.2, 0.25) is 0 Å². The van der Waals surface area contributed by atoms with Gasteiger partial charge >= 0.3 is 11.9 Å². The van der Waals surface area contributed by atoms with Crippen LogP contribution in [0.15, 0.2) is 41.6 Å². The molecule has 1 aromatic carbocycles. The highest BCUT2D eigenvalue weighted by Gasteiger charge is 2.57. The van der Waals surface area contributed by atoms with Gasteiger partial charge in [0.25, 0.3) is 11.8 Å². The third-order valence-electron chi connectivity index (χ3n) is 6.91. The molecular weight excluding hydrogens is 568 g/mol. The number of rotatable bonds is 11. The fourth-order valence-corrected chi connectivity index (χ4v) is 6.30. The van der Waals surface area contributed by atoms with Crippen molar-refractivity contribution < 1.29 is 38.6 Å². The van der Waals surface area contributed by atoms with Gasteiger partial charge < -0.3 is 31.6 Å². The van der Waals surface area contributed by atoms with Gasteiger partial charge in [-0.3, -0.25) is 28.9 Å². The molecule has 3 atom stereocenters. The Morgan fingerprint density at radius 1 is 1.21 bits per heavy atom. The topological polar surface area (TPSA) is 228 Å². The molecule has 0 saturated carbocycles. The molecule has 0 radical (unpaired) electrons. The van der Waals surface area contributed by atoms with E-state index < -0.39 is 75.4 Å². The number of benzene rings is 1. The van der Waals surface area contributed by atoms with Crippen LogP contribution in [0.4, 0.5) is 0 Å². The molecule has 2 aliphatic heterocycles. The standard InChI is InChI=1S/C27H30N6O8S/c1-12(2)10-30-23(37)19-18(22(28)36)31-26(32-19)27(25(29)40,14-7-5-4-6-8-14)21(41-13(3)34)15-11-42-17-9-16(35)33(17)20(15)24(38)39/h4-8,12,17,21H,9-11H2,1-3H3,(H2,28,36)(H2,29,40)(H,30,37)(H,31,32)(H,38,39)/t17-,21?,27?/m1/s1. The van der Waals surface area contributed by atoms with Crippen molar-refractivity contribution >= 4 is 47.3 Å². The van der Waals surface area contributed by atoms with Crippen molar-refractivity contribution in [2.45, 2.75) is 44.1 Å². The first-order valence-electron chi connectivity index (χ1n) is 12.9. The highest BCUT2D eigenvalue weighted by Crippen LogP contribution is 2.47. The molecule has 4 amide bonds. The number of nitrogens with one attached hydrogen (secondary N) is 2. The second-order valence-electron chi connectivity index (χ2n) is 10.2. The zero-order valence-electron chi connectivity index (χ0n) is 23.0. The molecule has 0 bridgehead atoms. The number of β-lactam (4-membered cyclic amide) rings is 1. The highest BCUT2D eigenvalue weighted by molar-refractivity contribution is 8.00. The number of H-pyrrole nitrogens is 1. The van der Waals surface area contributed by atoms with Gasteiger partial charge in [-0.2, -0.15) is 0 Å². The third kappa shape index (κ3) is 5.22. The van der Waals surface area contributed by atoms with E-state index in [1.54, 1.807) is 18.2 Å².